The Labute approximate surface area is 121 Å². The summed E-state index contributed by atoms with van der Waals surface area (Å²) in [4.78, 5) is 18.0. The summed E-state index contributed by atoms with van der Waals surface area (Å²) in [7, 11) is 0. The van der Waals surface area contributed by atoms with Gasteiger partial charge in [-0.25, -0.2) is 9.78 Å². The first-order valence-electron chi connectivity index (χ1n) is 6.48. The minimum Gasteiger partial charge on any atom is -0.465 e. The number of para-hydroxylation sites is 1. The molecule has 2 amide bonds. The fourth-order valence-corrected chi connectivity index (χ4v) is 2.70. The van der Waals surface area contributed by atoms with Crippen molar-refractivity contribution >= 4 is 23.1 Å². The SMILES string of the molecule is O=C(Nc1ccccc1)N1CCC(Oc2nccs2)C1. The minimum absolute atomic E-state index is 0.0303. The molecule has 0 spiro atoms. The second-order valence-corrected chi connectivity index (χ2v) is 5.43. The Morgan fingerprint density at radius 2 is 2.25 bits per heavy atom. The van der Waals surface area contributed by atoms with E-state index in [4.69, 9.17) is 4.74 Å². The van der Waals surface area contributed by atoms with Gasteiger partial charge in [-0.1, -0.05) is 29.5 Å². The van der Waals surface area contributed by atoms with Crippen molar-refractivity contribution in [2.24, 2.45) is 0 Å². The summed E-state index contributed by atoms with van der Waals surface area (Å²) >= 11 is 1.47. The number of urea groups is 1. The standard InChI is InChI=1S/C14H15N3O2S/c18-13(16-11-4-2-1-3-5-11)17-8-6-12(10-17)19-14-15-7-9-20-14/h1-5,7,9,12H,6,8,10H2,(H,16,18). The van der Waals surface area contributed by atoms with Gasteiger partial charge in [0.05, 0.1) is 6.54 Å². The van der Waals surface area contributed by atoms with Crippen molar-refractivity contribution in [1.82, 2.24) is 9.88 Å². The largest absolute Gasteiger partial charge is 0.465 e. The summed E-state index contributed by atoms with van der Waals surface area (Å²) in [5.41, 5.74) is 0.807. The molecule has 1 aliphatic heterocycles. The van der Waals surface area contributed by atoms with E-state index in [9.17, 15) is 4.79 Å². The summed E-state index contributed by atoms with van der Waals surface area (Å²) < 4.78 is 5.73. The van der Waals surface area contributed by atoms with Gasteiger partial charge in [0.15, 0.2) is 0 Å². The van der Waals surface area contributed by atoms with E-state index in [1.165, 1.54) is 11.3 Å². The Morgan fingerprint density at radius 1 is 1.40 bits per heavy atom. The van der Waals surface area contributed by atoms with E-state index in [-0.39, 0.29) is 12.1 Å². The highest BCUT2D eigenvalue weighted by molar-refractivity contribution is 7.11. The highest BCUT2D eigenvalue weighted by atomic mass is 32.1. The van der Waals surface area contributed by atoms with Crippen molar-refractivity contribution in [3.63, 3.8) is 0 Å². The van der Waals surface area contributed by atoms with Crippen LogP contribution >= 0.6 is 11.3 Å². The number of carbonyl (C=O) groups excluding carboxylic acids is 1. The summed E-state index contributed by atoms with van der Waals surface area (Å²) in [6.45, 7) is 1.30. The van der Waals surface area contributed by atoms with Crippen LogP contribution < -0.4 is 10.1 Å². The van der Waals surface area contributed by atoms with E-state index in [2.05, 4.69) is 10.3 Å². The number of aromatic nitrogens is 1. The number of likely N-dealkylation sites (tertiary alicyclic amines) is 1. The van der Waals surface area contributed by atoms with E-state index in [0.29, 0.717) is 18.3 Å². The second kappa shape index (κ2) is 5.92. The molecule has 2 aromatic rings. The van der Waals surface area contributed by atoms with Crippen LogP contribution in [0.3, 0.4) is 0 Å². The number of ether oxygens (including phenoxy) is 1. The first-order chi connectivity index (χ1) is 9.81. The molecule has 104 valence electrons. The molecule has 2 heterocycles. The van der Waals surface area contributed by atoms with Crippen LogP contribution in [0.5, 0.6) is 5.19 Å². The van der Waals surface area contributed by atoms with Crippen LogP contribution in [0.1, 0.15) is 6.42 Å². The molecule has 1 aromatic carbocycles. The third-order valence-electron chi connectivity index (χ3n) is 3.13. The van der Waals surface area contributed by atoms with Crippen LogP contribution in [0.25, 0.3) is 0 Å². The molecule has 0 bridgehead atoms. The monoisotopic (exact) mass is 289 g/mol. The van der Waals surface area contributed by atoms with Gasteiger partial charge in [-0.3, -0.25) is 0 Å². The zero-order valence-electron chi connectivity index (χ0n) is 10.9. The molecule has 1 aromatic heterocycles. The molecule has 6 heteroatoms. The van der Waals surface area contributed by atoms with Crippen LogP contribution in [-0.2, 0) is 0 Å². The lowest BCUT2D eigenvalue weighted by molar-refractivity contribution is 0.194. The maximum Gasteiger partial charge on any atom is 0.321 e. The molecular formula is C14H15N3O2S. The number of thiazole rings is 1. The fraction of sp³-hybridized carbons (Fsp3) is 0.286. The van der Waals surface area contributed by atoms with Gasteiger partial charge in [0, 0.05) is 30.2 Å². The fourth-order valence-electron chi connectivity index (χ4n) is 2.14. The molecule has 1 fully saturated rings. The van der Waals surface area contributed by atoms with E-state index >= 15 is 0 Å². The molecule has 1 aliphatic rings. The van der Waals surface area contributed by atoms with Crippen LogP contribution in [0.4, 0.5) is 10.5 Å². The van der Waals surface area contributed by atoms with Crippen molar-refractivity contribution in [1.29, 1.82) is 0 Å². The van der Waals surface area contributed by atoms with Gasteiger partial charge in [-0.05, 0) is 12.1 Å². The molecule has 1 N–H and O–H groups in total. The Balaban J connectivity index is 1.53. The van der Waals surface area contributed by atoms with Crippen LogP contribution in [-0.4, -0.2) is 35.1 Å². The lowest BCUT2D eigenvalue weighted by Crippen LogP contribution is -2.34. The van der Waals surface area contributed by atoms with Crippen molar-refractivity contribution in [2.45, 2.75) is 12.5 Å². The molecule has 20 heavy (non-hydrogen) atoms. The molecular weight excluding hydrogens is 274 g/mol. The van der Waals surface area contributed by atoms with Gasteiger partial charge in [0.2, 0.25) is 0 Å². The molecule has 0 radical (unpaired) electrons. The normalized spacial score (nSPS) is 18.0. The second-order valence-electron chi connectivity index (χ2n) is 4.57. The van der Waals surface area contributed by atoms with Crippen molar-refractivity contribution in [3.8, 4) is 5.19 Å². The molecule has 5 nitrogen and oxygen atoms in total. The zero-order chi connectivity index (χ0) is 13.8. The quantitative estimate of drug-likeness (QED) is 0.945. The number of nitrogens with zero attached hydrogens (tertiary/aromatic N) is 2. The maximum absolute atomic E-state index is 12.1. The van der Waals surface area contributed by atoms with E-state index in [1.807, 2.05) is 35.7 Å². The van der Waals surface area contributed by atoms with Gasteiger partial charge in [-0.2, -0.15) is 0 Å². The number of rotatable bonds is 3. The maximum atomic E-state index is 12.1. The van der Waals surface area contributed by atoms with Gasteiger partial charge in [0.25, 0.3) is 5.19 Å². The third-order valence-corrected chi connectivity index (χ3v) is 3.80. The topological polar surface area (TPSA) is 54.5 Å². The predicted octanol–water partition coefficient (Wildman–Crippen LogP) is 2.83. The van der Waals surface area contributed by atoms with Crippen molar-refractivity contribution in [2.75, 3.05) is 18.4 Å². The van der Waals surface area contributed by atoms with Gasteiger partial charge in [0.1, 0.15) is 6.10 Å². The van der Waals surface area contributed by atoms with Crippen LogP contribution in [0, 0.1) is 0 Å². The van der Waals surface area contributed by atoms with E-state index in [0.717, 1.165) is 12.1 Å². The number of amides is 2. The Morgan fingerprint density at radius 3 is 3.00 bits per heavy atom. The molecule has 0 aliphatic carbocycles. The number of hydrogen-bond donors (Lipinski definition) is 1. The molecule has 1 saturated heterocycles. The van der Waals surface area contributed by atoms with Crippen LogP contribution in [0.2, 0.25) is 0 Å². The Hall–Kier alpha value is -2.08. The molecule has 3 rings (SSSR count). The van der Waals surface area contributed by atoms with E-state index in [1.54, 1.807) is 11.1 Å². The average molecular weight is 289 g/mol. The summed E-state index contributed by atoms with van der Waals surface area (Å²) in [5.74, 6) is 0. The highest BCUT2D eigenvalue weighted by Crippen LogP contribution is 2.20. The lowest BCUT2D eigenvalue weighted by atomic mass is 10.3. The van der Waals surface area contributed by atoms with Crippen molar-refractivity contribution < 1.29 is 9.53 Å². The summed E-state index contributed by atoms with van der Waals surface area (Å²) in [6, 6.07) is 9.38. The van der Waals surface area contributed by atoms with E-state index < -0.39 is 0 Å². The van der Waals surface area contributed by atoms with Gasteiger partial charge in [-0.15, -0.1) is 0 Å². The molecule has 0 saturated carbocycles. The number of benzene rings is 1. The Bertz CT molecular complexity index is 559. The number of nitrogens with one attached hydrogen (secondary N) is 1. The van der Waals surface area contributed by atoms with Crippen LogP contribution in [0.15, 0.2) is 41.9 Å². The average Bonchev–Trinajstić information content (AvgIpc) is 3.12. The molecule has 1 atom stereocenters. The zero-order valence-corrected chi connectivity index (χ0v) is 11.7. The lowest BCUT2D eigenvalue weighted by Gasteiger charge is -2.17. The first-order valence-corrected chi connectivity index (χ1v) is 7.36. The third kappa shape index (κ3) is 3.08. The smallest absolute Gasteiger partial charge is 0.321 e. The van der Waals surface area contributed by atoms with Gasteiger partial charge >= 0.3 is 6.03 Å². The first kappa shape index (κ1) is 12.9. The highest BCUT2D eigenvalue weighted by Gasteiger charge is 2.28. The van der Waals surface area contributed by atoms with Crippen molar-refractivity contribution in [3.05, 3.63) is 41.9 Å². The number of carbonyl (C=O) groups is 1. The number of hydrogen-bond acceptors (Lipinski definition) is 4. The van der Waals surface area contributed by atoms with Gasteiger partial charge < -0.3 is 15.0 Å². The predicted molar refractivity (Wildman–Crippen MR) is 78.2 cm³/mol. The minimum atomic E-state index is -0.0820. The summed E-state index contributed by atoms with van der Waals surface area (Å²) in [5, 5.41) is 5.43. The Kier molecular flexibility index (Phi) is 3.83. The summed E-state index contributed by atoms with van der Waals surface area (Å²) in [6.07, 6.45) is 2.58. The molecule has 1 unspecified atom stereocenters. The number of anilines is 1.